The zero-order chi connectivity index (χ0) is 13.3. The van der Waals surface area contributed by atoms with Gasteiger partial charge in [-0.3, -0.25) is 4.90 Å². The summed E-state index contributed by atoms with van der Waals surface area (Å²) in [6.45, 7) is 7.95. The van der Waals surface area contributed by atoms with Gasteiger partial charge in [0.05, 0.1) is 6.61 Å². The lowest BCUT2D eigenvalue weighted by Gasteiger charge is -2.34. The molecule has 1 aromatic rings. The first-order chi connectivity index (χ1) is 9.38. The van der Waals surface area contributed by atoms with E-state index in [2.05, 4.69) is 40.1 Å². The van der Waals surface area contributed by atoms with Crippen LogP contribution in [0.25, 0.3) is 0 Å². The molecule has 1 heterocycles. The summed E-state index contributed by atoms with van der Waals surface area (Å²) in [4.78, 5) is 5.09. The zero-order valence-electron chi connectivity index (χ0n) is 12.1. The number of rotatable bonds is 7. The summed E-state index contributed by atoms with van der Waals surface area (Å²) in [6, 6.07) is 10.8. The Hall–Kier alpha value is -0.900. The van der Waals surface area contributed by atoms with Gasteiger partial charge in [-0.1, -0.05) is 30.3 Å². The monoisotopic (exact) mass is 262 g/mol. The Morgan fingerprint density at radius 2 is 1.58 bits per heavy atom. The van der Waals surface area contributed by atoms with Crippen molar-refractivity contribution in [2.45, 2.75) is 12.8 Å². The van der Waals surface area contributed by atoms with E-state index in [1.807, 2.05) is 0 Å². The summed E-state index contributed by atoms with van der Waals surface area (Å²) in [6.07, 6.45) is 2.47. The first kappa shape index (κ1) is 14.5. The van der Waals surface area contributed by atoms with Crippen LogP contribution in [0.3, 0.4) is 0 Å². The molecule has 3 nitrogen and oxygen atoms in total. The molecule has 0 aliphatic carbocycles. The number of aryl methyl sites for hydroxylation is 1. The quantitative estimate of drug-likeness (QED) is 0.746. The first-order valence-electron chi connectivity index (χ1n) is 7.36. The van der Waals surface area contributed by atoms with Crippen molar-refractivity contribution < 1.29 is 4.74 Å². The Morgan fingerprint density at radius 3 is 2.21 bits per heavy atom. The van der Waals surface area contributed by atoms with Gasteiger partial charge in [-0.2, -0.15) is 0 Å². The van der Waals surface area contributed by atoms with Gasteiger partial charge in [-0.15, -0.1) is 0 Å². The minimum absolute atomic E-state index is 0.855. The molecule has 2 rings (SSSR count). The van der Waals surface area contributed by atoms with Crippen LogP contribution in [-0.2, 0) is 11.2 Å². The van der Waals surface area contributed by atoms with Crippen molar-refractivity contribution >= 4 is 0 Å². The lowest BCUT2D eigenvalue weighted by Crippen LogP contribution is -2.47. The van der Waals surface area contributed by atoms with Crippen molar-refractivity contribution in [3.05, 3.63) is 35.9 Å². The number of hydrogen-bond donors (Lipinski definition) is 0. The second kappa shape index (κ2) is 8.31. The highest BCUT2D eigenvalue weighted by Gasteiger charge is 2.15. The molecule has 0 radical (unpaired) electrons. The molecular formula is C16H26N2O. The highest BCUT2D eigenvalue weighted by molar-refractivity contribution is 5.14. The van der Waals surface area contributed by atoms with Crippen molar-refractivity contribution in [2.24, 2.45) is 0 Å². The van der Waals surface area contributed by atoms with E-state index in [1.54, 1.807) is 7.11 Å². The van der Waals surface area contributed by atoms with Gasteiger partial charge in [0, 0.05) is 39.8 Å². The van der Waals surface area contributed by atoms with Crippen molar-refractivity contribution in [3.8, 4) is 0 Å². The number of nitrogens with zero attached hydrogens (tertiary/aromatic N) is 2. The second-order valence-electron chi connectivity index (χ2n) is 5.27. The summed E-state index contributed by atoms with van der Waals surface area (Å²) >= 11 is 0. The lowest BCUT2D eigenvalue weighted by molar-refractivity contribution is 0.0965. The van der Waals surface area contributed by atoms with Crippen LogP contribution in [0.2, 0.25) is 0 Å². The fraction of sp³-hybridized carbons (Fsp3) is 0.625. The van der Waals surface area contributed by atoms with E-state index in [1.165, 1.54) is 51.1 Å². The molecule has 0 unspecified atom stereocenters. The Kier molecular flexibility index (Phi) is 6.34. The Bertz CT molecular complexity index is 334. The number of ether oxygens (including phenoxy) is 1. The summed E-state index contributed by atoms with van der Waals surface area (Å²) in [7, 11) is 1.78. The largest absolute Gasteiger partial charge is 0.383 e. The molecule has 0 aromatic heterocycles. The second-order valence-corrected chi connectivity index (χ2v) is 5.27. The van der Waals surface area contributed by atoms with Crippen LogP contribution < -0.4 is 0 Å². The third-order valence-electron chi connectivity index (χ3n) is 3.86. The van der Waals surface area contributed by atoms with Crippen LogP contribution in [0, 0.1) is 0 Å². The predicted octanol–water partition coefficient (Wildman–Crippen LogP) is 1.88. The van der Waals surface area contributed by atoms with Crippen molar-refractivity contribution in [3.63, 3.8) is 0 Å². The molecule has 1 aliphatic heterocycles. The van der Waals surface area contributed by atoms with Crippen LogP contribution in [-0.4, -0.2) is 62.8 Å². The number of methoxy groups -OCH3 is 1. The van der Waals surface area contributed by atoms with Crippen molar-refractivity contribution in [1.29, 1.82) is 0 Å². The van der Waals surface area contributed by atoms with Gasteiger partial charge in [0.2, 0.25) is 0 Å². The fourth-order valence-corrected chi connectivity index (χ4v) is 2.61. The number of hydrogen-bond acceptors (Lipinski definition) is 3. The van der Waals surface area contributed by atoms with Gasteiger partial charge < -0.3 is 9.64 Å². The summed E-state index contributed by atoms with van der Waals surface area (Å²) in [5.41, 5.74) is 1.46. The zero-order valence-corrected chi connectivity index (χ0v) is 12.1. The minimum atomic E-state index is 0.855. The normalized spacial score (nSPS) is 17.7. The maximum absolute atomic E-state index is 5.13. The Labute approximate surface area is 117 Å². The van der Waals surface area contributed by atoms with Gasteiger partial charge in [0.15, 0.2) is 0 Å². The molecule has 0 saturated carbocycles. The molecule has 3 heteroatoms. The third kappa shape index (κ3) is 5.31. The molecule has 0 amide bonds. The van der Waals surface area contributed by atoms with Crippen LogP contribution in [0.5, 0.6) is 0 Å². The standard InChI is InChI=1S/C16H26N2O/c1-19-15-14-18-12-10-17(11-13-18)9-5-8-16-6-3-2-4-7-16/h2-4,6-7H,5,8-15H2,1H3. The fourth-order valence-electron chi connectivity index (χ4n) is 2.61. The molecule has 0 N–H and O–H groups in total. The molecule has 0 bridgehead atoms. The summed E-state index contributed by atoms with van der Waals surface area (Å²) in [5, 5.41) is 0. The van der Waals surface area contributed by atoms with Crippen molar-refractivity contribution in [1.82, 2.24) is 9.80 Å². The Balaban J connectivity index is 1.58. The molecule has 0 spiro atoms. The average molecular weight is 262 g/mol. The molecule has 1 saturated heterocycles. The highest BCUT2D eigenvalue weighted by Crippen LogP contribution is 2.06. The van der Waals surface area contributed by atoms with Crippen molar-refractivity contribution in [2.75, 3.05) is 53.0 Å². The van der Waals surface area contributed by atoms with Gasteiger partial charge in [0.25, 0.3) is 0 Å². The van der Waals surface area contributed by atoms with Crippen LogP contribution in [0.1, 0.15) is 12.0 Å². The van der Waals surface area contributed by atoms with Gasteiger partial charge in [0.1, 0.15) is 0 Å². The van der Waals surface area contributed by atoms with Crippen LogP contribution >= 0.6 is 0 Å². The van der Waals surface area contributed by atoms with E-state index >= 15 is 0 Å². The topological polar surface area (TPSA) is 15.7 Å². The average Bonchev–Trinajstić information content (AvgIpc) is 2.47. The van der Waals surface area contributed by atoms with E-state index in [-0.39, 0.29) is 0 Å². The van der Waals surface area contributed by atoms with Gasteiger partial charge in [-0.05, 0) is 24.9 Å². The lowest BCUT2D eigenvalue weighted by atomic mass is 10.1. The molecule has 19 heavy (non-hydrogen) atoms. The Morgan fingerprint density at radius 1 is 0.947 bits per heavy atom. The van der Waals surface area contributed by atoms with E-state index in [0.717, 1.165) is 13.2 Å². The van der Waals surface area contributed by atoms with E-state index < -0.39 is 0 Å². The third-order valence-corrected chi connectivity index (χ3v) is 3.86. The first-order valence-corrected chi connectivity index (χ1v) is 7.36. The van der Waals surface area contributed by atoms with Gasteiger partial charge >= 0.3 is 0 Å². The molecule has 1 aromatic carbocycles. The highest BCUT2D eigenvalue weighted by atomic mass is 16.5. The molecular weight excluding hydrogens is 236 g/mol. The van der Waals surface area contributed by atoms with E-state index in [4.69, 9.17) is 4.74 Å². The molecule has 106 valence electrons. The molecule has 1 fully saturated rings. The van der Waals surface area contributed by atoms with E-state index in [9.17, 15) is 0 Å². The minimum Gasteiger partial charge on any atom is -0.383 e. The van der Waals surface area contributed by atoms with Crippen LogP contribution in [0.4, 0.5) is 0 Å². The molecule has 1 aliphatic rings. The predicted molar refractivity (Wildman–Crippen MR) is 79.5 cm³/mol. The summed E-state index contributed by atoms with van der Waals surface area (Å²) in [5.74, 6) is 0. The summed E-state index contributed by atoms with van der Waals surface area (Å²) < 4.78 is 5.13. The molecule has 0 atom stereocenters. The maximum atomic E-state index is 5.13. The van der Waals surface area contributed by atoms with Crippen LogP contribution in [0.15, 0.2) is 30.3 Å². The number of piperazine rings is 1. The van der Waals surface area contributed by atoms with Gasteiger partial charge in [-0.25, -0.2) is 0 Å². The van der Waals surface area contributed by atoms with E-state index in [0.29, 0.717) is 0 Å². The number of benzene rings is 1. The maximum Gasteiger partial charge on any atom is 0.0589 e. The SMILES string of the molecule is COCCN1CCN(CCCc2ccccc2)CC1. The smallest absolute Gasteiger partial charge is 0.0589 e.